The van der Waals surface area contributed by atoms with Crippen LogP contribution in [-0.2, 0) is 6.54 Å². The summed E-state index contributed by atoms with van der Waals surface area (Å²) in [6, 6.07) is 12.6. The lowest BCUT2D eigenvalue weighted by Crippen LogP contribution is -2.21. The maximum absolute atomic E-state index is 4.69. The maximum atomic E-state index is 4.69. The summed E-state index contributed by atoms with van der Waals surface area (Å²) in [7, 11) is 0. The lowest BCUT2D eigenvalue weighted by molar-refractivity contribution is 0.469. The van der Waals surface area contributed by atoms with Crippen molar-refractivity contribution in [1.82, 2.24) is 10.3 Å². The highest BCUT2D eigenvalue weighted by atomic mass is 14.9. The fourth-order valence-corrected chi connectivity index (χ4v) is 3.12. The first-order valence-corrected chi connectivity index (χ1v) is 7.36. The van der Waals surface area contributed by atoms with Crippen LogP contribution in [0.4, 0.5) is 0 Å². The van der Waals surface area contributed by atoms with Crippen LogP contribution in [0, 0.1) is 11.8 Å². The first-order valence-electron chi connectivity index (χ1n) is 7.36. The molecule has 1 fully saturated rings. The Morgan fingerprint density at radius 2 is 2.05 bits per heavy atom. The number of hydrogen-bond donors (Lipinski definition) is 1. The van der Waals surface area contributed by atoms with E-state index in [-0.39, 0.29) is 0 Å². The van der Waals surface area contributed by atoms with Crippen LogP contribution >= 0.6 is 0 Å². The summed E-state index contributed by atoms with van der Waals surface area (Å²) in [5.74, 6) is 1.79. The highest BCUT2D eigenvalue weighted by molar-refractivity contribution is 5.78. The Morgan fingerprint density at radius 3 is 2.89 bits per heavy atom. The zero-order valence-electron chi connectivity index (χ0n) is 11.6. The Bertz CT molecular complexity index is 550. The molecular weight excluding hydrogens is 232 g/mol. The molecule has 0 radical (unpaired) electrons. The van der Waals surface area contributed by atoms with Gasteiger partial charge in [-0.2, -0.15) is 0 Å². The standard InChI is InChI=1S/C17H22N2/c1-13-6-7-14(10-13)11-18-12-16-9-8-15-4-2-3-5-17(15)19-16/h2-5,8-9,13-14,18H,6-7,10-12H2,1H3. The van der Waals surface area contributed by atoms with Gasteiger partial charge in [0.1, 0.15) is 0 Å². The molecule has 2 unspecified atom stereocenters. The van der Waals surface area contributed by atoms with Crippen molar-refractivity contribution in [3.63, 3.8) is 0 Å². The predicted octanol–water partition coefficient (Wildman–Crippen LogP) is 3.76. The van der Waals surface area contributed by atoms with Gasteiger partial charge in [0.2, 0.25) is 0 Å². The molecule has 2 aromatic rings. The summed E-state index contributed by atoms with van der Waals surface area (Å²) in [4.78, 5) is 4.69. The molecule has 100 valence electrons. The molecule has 1 aliphatic carbocycles. The summed E-state index contributed by atoms with van der Waals surface area (Å²) >= 11 is 0. The van der Waals surface area contributed by atoms with Gasteiger partial charge in [-0.1, -0.05) is 37.6 Å². The molecule has 1 heterocycles. The zero-order chi connectivity index (χ0) is 13.1. The van der Waals surface area contributed by atoms with Gasteiger partial charge in [-0.15, -0.1) is 0 Å². The Kier molecular flexibility index (Phi) is 3.79. The number of para-hydroxylation sites is 1. The van der Waals surface area contributed by atoms with E-state index in [9.17, 15) is 0 Å². The van der Waals surface area contributed by atoms with E-state index < -0.39 is 0 Å². The molecule has 1 aromatic carbocycles. The molecule has 2 nitrogen and oxygen atoms in total. The summed E-state index contributed by atoms with van der Waals surface area (Å²) in [6.45, 7) is 4.39. The van der Waals surface area contributed by atoms with Gasteiger partial charge in [0.25, 0.3) is 0 Å². The van der Waals surface area contributed by atoms with Crippen molar-refractivity contribution in [2.45, 2.75) is 32.7 Å². The van der Waals surface area contributed by atoms with Gasteiger partial charge < -0.3 is 5.32 Å². The molecule has 2 atom stereocenters. The number of aromatic nitrogens is 1. The first-order chi connectivity index (χ1) is 9.31. The van der Waals surface area contributed by atoms with E-state index in [2.05, 4.69) is 42.6 Å². The number of benzene rings is 1. The third kappa shape index (κ3) is 3.13. The number of hydrogen-bond acceptors (Lipinski definition) is 2. The van der Waals surface area contributed by atoms with Gasteiger partial charge in [-0.05, 0) is 43.4 Å². The van der Waals surface area contributed by atoms with Gasteiger partial charge in [0.05, 0.1) is 11.2 Å². The maximum Gasteiger partial charge on any atom is 0.0705 e. The highest BCUT2D eigenvalue weighted by Crippen LogP contribution is 2.29. The van der Waals surface area contributed by atoms with Crippen molar-refractivity contribution in [1.29, 1.82) is 0 Å². The van der Waals surface area contributed by atoms with Crippen molar-refractivity contribution in [3.05, 3.63) is 42.1 Å². The molecule has 1 saturated carbocycles. The van der Waals surface area contributed by atoms with Crippen molar-refractivity contribution < 1.29 is 0 Å². The van der Waals surface area contributed by atoms with Crippen LogP contribution < -0.4 is 5.32 Å². The Hall–Kier alpha value is -1.41. The molecule has 0 saturated heterocycles. The van der Waals surface area contributed by atoms with Gasteiger partial charge in [-0.3, -0.25) is 4.98 Å². The molecule has 1 N–H and O–H groups in total. The van der Waals surface area contributed by atoms with E-state index in [1.165, 1.54) is 24.6 Å². The number of nitrogens with zero attached hydrogens (tertiary/aromatic N) is 1. The average Bonchev–Trinajstić information content (AvgIpc) is 2.84. The molecule has 19 heavy (non-hydrogen) atoms. The van der Waals surface area contributed by atoms with Crippen LogP contribution in [0.2, 0.25) is 0 Å². The molecule has 0 bridgehead atoms. The second-order valence-corrected chi connectivity index (χ2v) is 5.91. The molecule has 0 aliphatic heterocycles. The van der Waals surface area contributed by atoms with Crippen LogP contribution in [0.5, 0.6) is 0 Å². The van der Waals surface area contributed by atoms with E-state index in [1.54, 1.807) is 0 Å². The highest BCUT2D eigenvalue weighted by Gasteiger charge is 2.20. The molecule has 0 amide bonds. The first kappa shape index (κ1) is 12.6. The third-order valence-corrected chi connectivity index (χ3v) is 4.20. The minimum absolute atomic E-state index is 0.871. The fourth-order valence-electron chi connectivity index (χ4n) is 3.12. The topological polar surface area (TPSA) is 24.9 Å². The second-order valence-electron chi connectivity index (χ2n) is 5.91. The zero-order valence-corrected chi connectivity index (χ0v) is 11.6. The number of pyridine rings is 1. The SMILES string of the molecule is CC1CCC(CNCc2ccc3ccccc3n2)C1. The van der Waals surface area contributed by atoms with Crippen LogP contribution in [0.15, 0.2) is 36.4 Å². The minimum Gasteiger partial charge on any atom is -0.311 e. The largest absolute Gasteiger partial charge is 0.311 e. The third-order valence-electron chi connectivity index (χ3n) is 4.20. The van der Waals surface area contributed by atoms with E-state index in [0.717, 1.165) is 36.1 Å². The van der Waals surface area contributed by atoms with Gasteiger partial charge in [0.15, 0.2) is 0 Å². The molecule has 2 heteroatoms. The van der Waals surface area contributed by atoms with E-state index in [4.69, 9.17) is 4.98 Å². The summed E-state index contributed by atoms with van der Waals surface area (Å²) in [6.07, 6.45) is 4.18. The predicted molar refractivity (Wildman–Crippen MR) is 80.0 cm³/mol. The molecule has 1 aliphatic rings. The van der Waals surface area contributed by atoms with Crippen LogP contribution in [0.1, 0.15) is 31.9 Å². The van der Waals surface area contributed by atoms with Gasteiger partial charge in [-0.25, -0.2) is 0 Å². The summed E-state index contributed by atoms with van der Waals surface area (Å²) in [5, 5.41) is 4.78. The quantitative estimate of drug-likeness (QED) is 0.898. The average molecular weight is 254 g/mol. The smallest absolute Gasteiger partial charge is 0.0705 e. The molecule has 3 rings (SSSR count). The Labute approximate surface area is 115 Å². The Morgan fingerprint density at radius 1 is 1.16 bits per heavy atom. The lowest BCUT2D eigenvalue weighted by atomic mass is 10.1. The fraction of sp³-hybridized carbons (Fsp3) is 0.471. The lowest BCUT2D eigenvalue weighted by Gasteiger charge is -2.11. The molecular formula is C17H22N2. The minimum atomic E-state index is 0.871. The van der Waals surface area contributed by atoms with Crippen LogP contribution in [-0.4, -0.2) is 11.5 Å². The van der Waals surface area contributed by atoms with Crippen molar-refractivity contribution >= 4 is 10.9 Å². The Balaban J connectivity index is 1.56. The normalized spacial score (nSPS) is 23.0. The van der Waals surface area contributed by atoms with Gasteiger partial charge >= 0.3 is 0 Å². The van der Waals surface area contributed by atoms with E-state index in [0.29, 0.717) is 0 Å². The van der Waals surface area contributed by atoms with Crippen molar-refractivity contribution in [3.8, 4) is 0 Å². The summed E-state index contributed by atoms with van der Waals surface area (Å²) < 4.78 is 0. The van der Waals surface area contributed by atoms with Crippen LogP contribution in [0.3, 0.4) is 0 Å². The van der Waals surface area contributed by atoms with E-state index in [1.807, 2.05) is 6.07 Å². The second kappa shape index (κ2) is 5.70. The number of nitrogens with one attached hydrogen (secondary N) is 1. The molecule has 0 spiro atoms. The monoisotopic (exact) mass is 254 g/mol. The number of rotatable bonds is 4. The summed E-state index contributed by atoms with van der Waals surface area (Å²) in [5.41, 5.74) is 2.24. The molecule has 1 aromatic heterocycles. The van der Waals surface area contributed by atoms with Crippen LogP contribution in [0.25, 0.3) is 10.9 Å². The van der Waals surface area contributed by atoms with Crippen molar-refractivity contribution in [2.75, 3.05) is 6.54 Å². The van der Waals surface area contributed by atoms with Crippen molar-refractivity contribution in [2.24, 2.45) is 11.8 Å². The van der Waals surface area contributed by atoms with Gasteiger partial charge in [0, 0.05) is 11.9 Å². The van der Waals surface area contributed by atoms with E-state index >= 15 is 0 Å². The number of fused-ring (bicyclic) bond motifs is 1.